The number of rotatable bonds is 8. The Morgan fingerprint density at radius 2 is 0.754 bits per heavy atom. The van der Waals surface area contributed by atoms with Crippen LogP contribution < -0.4 is 9.47 Å². The molecule has 61 heavy (non-hydrogen) atoms. The molecule has 0 amide bonds. The molecule has 0 aliphatic carbocycles. The third-order valence-electron chi connectivity index (χ3n) is 11.3. The van der Waals surface area contributed by atoms with Crippen molar-refractivity contribution in [2.75, 3.05) is 0 Å². The molecule has 6 heterocycles. The molecule has 11 nitrogen and oxygen atoms in total. The number of aromatic nitrogens is 9. The first kappa shape index (κ1) is 34.6. The van der Waals surface area contributed by atoms with Gasteiger partial charge in [-0.25, -0.2) is 9.97 Å². The average molecular weight is 792 g/mol. The van der Waals surface area contributed by atoms with Gasteiger partial charge in [0.25, 0.3) is 5.95 Å². The number of aryl methyl sites for hydroxylation is 1. The van der Waals surface area contributed by atoms with E-state index in [0.29, 0.717) is 41.2 Å². The summed E-state index contributed by atoms with van der Waals surface area (Å²) in [5, 5.41) is 24.4. The van der Waals surface area contributed by atoms with Gasteiger partial charge < -0.3 is 9.47 Å². The summed E-state index contributed by atoms with van der Waals surface area (Å²) in [7, 11) is 0. The van der Waals surface area contributed by atoms with Crippen LogP contribution in [-0.2, 0) is 6.42 Å². The van der Waals surface area contributed by atoms with Gasteiger partial charge in [-0.3, -0.25) is 13.7 Å². The summed E-state index contributed by atoms with van der Waals surface area (Å²) >= 11 is 0. The topological polar surface area (TPSA) is 111 Å². The van der Waals surface area contributed by atoms with Crippen LogP contribution in [0.15, 0.2) is 170 Å². The van der Waals surface area contributed by atoms with E-state index in [0.717, 1.165) is 77.1 Å². The minimum Gasteiger partial charge on any atom is -0.457 e. The van der Waals surface area contributed by atoms with Gasteiger partial charge in [-0.05, 0) is 84.9 Å². The average Bonchev–Trinajstić information content (AvgIpc) is 3.94. The van der Waals surface area contributed by atoms with Gasteiger partial charge in [0.2, 0.25) is 0 Å². The molecule has 0 aliphatic rings. The van der Waals surface area contributed by atoms with Gasteiger partial charge in [0.1, 0.15) is 34.6 Å². The maximum absolute atomic E-state index is 6.66. The predicted octanol–water partition coefficient (Wildman–Crippen LogP) is 11.5. The number of para-hydroxylation sites is 2. The molecule has 0 atom stereocenters. The summed E-state index contributed by atoms with van der Waals surface area (Å²) in [6, 6.07) is 53.1. The van der Waals surface area contributed by atoms with E-state index >= 15 is 0 Å². The Morgan fingerprint density at radius 1 is 0.377 bits per heavy atom. The molecule has 0 saturated heterocycles. The fourth-order valence-electron chi connectivity index (χ4n) is 8.56. The summed E-state index contributed by atoms with van der Waals surface area (Å²) in [6.07, 6.45) is 4.25. The van der Waals surface area contributed by atoms with Crippen molar-refractivity contribution in [2.45, 2.75) is 13.3 Å². The van der Waals surface area contributed by atoms with Gasteiger partial charge in [0.05, 0.1) is 33.1 Å². The lowest BCUT2D eigenvalue weighted by molar-refractivity contribution is 0.484. The summed E-state index contributed by atoms with van der Waals surface area (Å²) in [5.74, 6) is 5.26. The lowest BCUT2D eigenvalue weighted by Gasteiger charge is -2.10. The van der Waals surface area contributed by atoms with Crippen LogP contribution in [0.3, 0.4) is 0 Å². The third kappa shape index (κ3) is 5.66. The van der Waals surface area contributed by atoms with E-state index in [9.17, 15) is 0 Å². The molecule has 0 spiro atoms. The normalized spacial score (nSPS) is 11.8. The molecule has 0 N–H and O–H groups in total. The van der Waals surface area contributed by atoms with Crippen LogP contribution in [0.25, 0.3) is 83.0 Å². The van der Waals surface area contributed by atoms with Crippen LogP contribution >= 0.6 is 0 Å². The second-order valence-corrected chi connectivity index (χ2v) is 14.8. The minimum atomic E-state index is 0.342. The molecule has 0 radical (unpaired) electrons. The van der Waals surface area contributed by atoms with E-state index < -0.39 is 0 Å². The molecule has 11 heteroatoms. The lowest BCUT2D eigenvalue weighted by Crippen LogP contribution is -2.07. The molecule has 6 aromatic heterocycles. The highest BCUT2D eigenvalue weighted by Crippen LogP contribution is 2.40. The van der Waals surface area contributed by atoms with E-state index in [-0.39, 0.29) is 0 Å². The Hall–Kier alpha value is -8.44. The number of hydrogen-bond acceptors (Lipinski definition) is 8. The van der Waals surface area contributed by atoms with Crippen LogP contribution in [0.5, 0.6) is 23.0 Å². The van der Waals surface area contributed by atoms with Crippen molar-refractivity contribution in [1.82, 2.24) is 44.1 Å². The van der Waals surface area contributed by atoms with Crippen LogP contribution in [0.4, 0.5) is 0 Å². The van der Waals surface area contributed by atoms with Gasteiger partial charge in [0, 0.05) is 75.4 Å². The number of nitrogens with zero attached hydrogens (tertiary/aromatic N) is 9. The zero-order chi connectivity index (χ0) is 40.4. The van der Waals surface area contributed by atoms with Gasteiger partial charge in [-0.2, -0.15) is 0 Å². The molecular formula is C50H33N9O2. The predicted molar refractivity (Wildman–Crippen MR) is 239 cm³/mol. The first-order valence-electron chi connectivity index (χ1n) is 20.1. The number of hydrogen-bond donors (Lipinski definition) is 0. The second-order valence-electron chi connectivity index (χ2n) is 14.8. The zero-order valence-electron chi connectivity index (χ0n) is 32.7. The van der Waals surface area contributed by atoms with E-state index in [4.69, 9.17) is 9.47 Å². The van der Waals surface area contributed by atoms with Crippen molar-refractivity contribution >= 4 is 65.4 Å². The van der Waals surface area contributed by atoms with Crippen LogP contribution in [0.2, 0.25) is 0 Å². The third-order valence-corrected chi connectivity index (χ3v) is 11.3. The van der Waals surface area contributed by atoms with Crippen LogP contribution in [0, 0.1) is 0 Å². The Morgan fingerprint density at radius 3 is 1.15 bits per heavy atom. The van der Waals surface area contributed by atoms with Crippen molar-refractivity contribution in [3.8, 4) is 40.6 Å². The Balaban J connectivity index is 0.964. The molecule has 290 valence electrons. The molecule has 0 fully saturated rings. The first-order valence-corrected chi connectivity index (χ1v) is 20.1. The largest absolute Gasteiger partial charge is 0.457 e. The quantitative estimate of drug-likeness (QED) is 0.150. The standard InChI is InChI=1S/C50H33N9O2/c1-2-47-53-55-50(56-54-47)59-45-29-33(60-31-17-21-37-35-11-3-5-13-41(35)57(43(37)27-31)48-15-7-9-25-51-48)19-23-39(45)40-24-20-34(30-46(40)59)61-32-18-22-38-36-12-4-6-14-42(36)58(44(38)28-32)49-16-8-10-26-52-49/h3-30H,2H2,1H3. The Labute approximate surface area is 347 Å². The number of ether oxygens (including phenoxy) is 2. The minimum absolute atomic E-state index is 0.342. The number of pyridine rings is 2. The van der Waals surface area contributed by atoms with Gasteiger partial charge in [0.15, 0.2) is 5.82 Å². The molecule has 12 aromatic rings. The van der Waals surface area contributed by atoms with Crippen molar-refractivity contribution in [3.05, 3.63) is 176 Å². The zero-order valence-corrected chi connectivity index (χ0v) is 32.7. The SMILES string of the molecule is CCc1nnc(-n2c3cc(Oc4ccc5c6ccccc6n(-c6ccccn6)c5c4)ccc3c3ccc(Oc4ccc5c6ccccc6n(-c6ccccn6)c5c4)cc32)nn1. The molecule has 0 saturated carbocycles. The maximum Gasteiger partial charge on any atom is 0.273 e. The van der Waals surface area contributed by atoms with Crippen LogP contribution in [-0.4, -0.2) is 44.1 Å². The number of benzene rings is 6. The number of fused-ring (bicyclic) bond motifs is 9. The molecule has 0 aliphatic heterocycles. The second kappa shape index (κ2) is 13.8. The summed E-state index contributed by atoms with van der Waals surface area (Å²) in [5.41, 5.74) is 5.82. The van der Waals surface area contributed by atoms with Crippen LogP contribution in [0.1, 0.15) is 12.7 Å². The highest BCUT2D eigenvalue weighted by molar-refractivity contribution is 6.11. The van der Waals surface area contributed by atoms with Crippen molar-refractivity contribution < 1.29 is 9.47 Å². The Kier molecular flexibility index (Phi) is 7.85. The van der Waals surface area contributed by atoms with E-state index in [1.165, 1.54) is 0 Å². The van der Waals surface area contributed by atoms with Gasteiger partial charge in [-0.15, -0.1) is 20.4 Å². The Bertz CT molecular complexity index is 3420. The van der Waals surface area contributed by atoms with Gasteiger partial charge >= 0.3 is 0 Å². The fraction of sp³-hybridized carbons (Fsp3) is 0.0400. The molecular weight excluding hydrogens is 759 g/mol. The first-order chi connectivity index (χ1) is 30.2. The monoisotopic (exact) mass is 791 g/mol. The van der Waals surface area contributed by atoms with Crippen molar-refractivity contribution in [1.29, 1.82) is 0 Å². The van der Waals surface area contributed by atoms with Crippen molar-refractivity contribution in [2.24, 2.45) is 0 Å². The summed E-state index contributed by atoms with van der Waals surface area (Å²) in [4.78, 5) is 9.38. The fourth-order valence-corrected chi connectivity index (χ4v) is 8.56. The maximum atomic E-state index is 6.66. The molecule has 6 aromatic carbocycles. The van der Waals surface area contributed by atoms with Crippen molar-refractivity contribution in [3.63, 3.8) is 0 Å². The summed E-state index contributed by atoms with van der Waals surface area (Å²) in [6.45, 7) is 1.98. The molecule has 12 rings (SSSR count). The highest BCUT2D eigenvalue weighted by atomic mass is 16.5. The van der Waals surface area contributed by atoms with E-state index in [2.05, 4.69) is 124 Å². The highest BCUT2D eigenvalue weighted by Gasteiger charge is 2.20. The van der Waals surface area contributed by atoms with Gasteiger partial charge in [-0.1, -0.05) is 55.5 Å². The molecule has 0 bridgehead atoms. The summed E-state index contributed by atoms with van der Waals surface area (Å²) < 4.78 is 19.6. The van der Waals surface area contributed by atoms with E-state index in [1.807, 2.05) is 96.7 Å². The smallest absolute Gasteiger partial charge is 0.273 e. The molecule has 0 unspecified atom stereocenters. The van der Waals surface area contributed by atoms with E-state index in [1.54, 1.807) is 0 Å². The lowest BCUT2D eigenvalue weighted by atomic mass is 10.1.